The van der Waals surface area contributed by atoms with Gasteiger partial charge >= 0.3 is 12.0 Å². The van der Waals surface area contributed by atoms with Crippen LogP contribution in [0, 0.1) is 0 Å². The van der Waals surface area contributed by atoms with E-state index in [0.29, 0.717) is 22.3 Å². The lowest BCUT2D eigenvalue weighted by Crippen LogP contribution is -2.52. The van der Waals surface area contributed by atoms with E-state index in [1.54, 1.807) is 24.3 Å². The van der Waals surface area contributed by atoms with Gasteiger partial charge in [-0.25, -0.2) is 9.59 Å². The maximum atomic E-state index is 12.8. The van der Waals surface area contributed by atoms with Gasteiger partial charge in [0.25, 0.3) is 0 Å². The molecular formula is C22H22Cl2N2O4. The molecule has 2 aromatic carbocycles. The number of carbonyl (C=O) groups is 2. The first-order valence-corrected chi connectivity index (χ1v) is 10.7. The largest absolute Gasteiger partial charge is 0.490 e. The Morgan fingerprint density at radius 1 is 1.07 bits per heavy atom. The normalized spacial score (nSPS) is 22.6. The van der Waals surface area contributed by atoms with Gasteiger partial charge < -0.3 is 20.1 Å². The third-order valence-corrected chi connectivity index (χ3v) is 6.36. The van der Waals surface area contributed by atoms with E-state index in [1.165, 1.54) is 12.1 Å². The molecule has 2 aliphatic rings. The molecule has 4 rings (SSSR count). The molecule has 2 aliphatic heterocycles. The van der Waals surface area contributed by atoms with Crippen molar-refractivity contribution in [1.29, 1.82) is 0 Å². The van der Waals surface area contributed by atoms with Crippen LogP contribution in [0.15, 0.2) is 42.5 Å². The van der Waals surface area contributed by atoms with Gasteiger partial charge in [-0.05, 0) is 54.8 Å². The van der Waals surface area contributed by atoms with E-state index in [0.717, 1.165) is 31.2 Å². The Hall–Kier alpha value is -2.44. The van der Waals surface area contributed by atoms with Crippen molar-refractivity contribution < 1.29 is 19.4 Å². The summed E-state index contributed by atoms with van der Waals surface area (Å²) in [6.07, 6.45) is 3.43. The van der Waals surface area contributed by atoms with Crippen molar-refractivity contribution in [1.82, 2.24) is 10.2 Å². The summed E-state index contributed by atoms with van der Waals surface area (Å²) >= 11 is 12.1. The molecule has 2 amide bonds. The summed E-state index contributed by atoms with van der Waals surface area (Å²) in [5.74, 6) is -0.307. The van der Waals surface area contributed by atoms with Gasteiger partial charge in [0.15, 0.2) is 0 Å². The first-order chi connectivity index (χ1) is 14.4. The molecule has 2 fully saturated rings. The first-order valence-electron chi connectivity index (χ1n) is 9.91. The first kappa shape index (κ1) is 20.8. The Morgan fingerprint density at radius 3 is 2.33 bits per heavy atom. The maximum Gasteiger partial charge on any atom is 0.335 e. The summed E-state index contributed by atoms with van der Waals surface area (Å²) in [6, 6.07) is 11.9. The number of carbonyl (C=O) groups excluding carboxylic acids is 1. The van der Waals surface area contributed by atoms with Crippen molar-refractivity contribution in [3.8, 4) is 5.75 Å². The second kappa shape index (κ2) is 8.74. The third-order valence-electron chi connectivity index (χ3n) is 5.77. The van der Waals surface area contributed by atoms with Gasteiger partial charge in [-0.1, -0.05) is 29.3 Å². The Balaban J connectivity index is 1.34. The van der Waals surface area contributed by atoms with Crippen LogP contribution in [0.5, 0.6) is 5.75 Å². The van der Waals surface area contributed by atoms with Crippen molar-refractivity contribution in [2.45, 2.75) is 50.4 Å². The lowest BCUT2D eigenvalue weighted by molar-refractivity contribution is 0.0686. The highest BCUT2D eigenvalue weighted by molar-refractivity contribution is 6.35. The van der Waals surface area contributed by atoms with Gasteiger partial charge in [0.05, 0.1) is 5.56 Å². The van der Waals surface area contributed by atoms with Gasteiger partial charge in [0.2, 0.25) is 0 Å². The molecule has 6 nitrogen and oxygen atoms in total. The number of amides is 2. The van der Waals surface area contributed by atoms with Gasteiger partial charge in [-0.3, -0.25) is 0 Å². The average molecular weight is 449 g/mol. The van der Waals surface area contributed by atoms with E-state index in [-0.39, 0.29) is 29.8 Å². The zero-order valence-corrected chi connectivity index (χ0v) is 17.7. The van der Waals surface area contributed by atoms with Crippen LogP contribution in [-0.4, -0.2) is 40.2 Å². The SMILES string of the molecule is O=C(O)c1ccc(O[C@H]2C[C@H]3CC[C@@H](C2)N3C(=O)NCc2ccc(Cl)cc2Cl)cc1. The Morgan fingerprint density at radius 2 is 1.73 bits per heavy atom. The molecule has 2 bridgehead atoms. The number of fused-ring (bicyclic) bond motifs is 2. The van der Waals surface area contributed by atoms with Crippen LogP contribution in [0.3, 0.4) is 0 Å². The molecule has 2 saturated heterocycles. The summed E-state index contributed by atoms with van der Waals surface area (Å²) in [5, 5.41) is 13.1. The molecule has 158 valence electrons. The minimum atomic E-state index is -0.959. The number of urea groups is 1. The number of nitrogens with one attached hydrogen (secondary N) is 1. The number of rotatable bonds is 5. The molecule has 0 saturated carbocycles. The fourth-order valence-electron chi connectivity index (χ4n) is 4.35. The number of aromatic carboxylic acids is 1. The second-order valence-electron chi connectivity index (χ2n) is 7.73. The lowest BCUT2D eigenvalue weighted by Gasteiger charge is -2.38. The summed E-state index contributed by atoms with van der Waals surface area (Å²) < 4.78 is 6.07. The van der Waals surface area contributed by atoms with Crippen molar-refractivity contribution in [2.75, 3.05) is 0 Å². The molecule has 0 radical (unpaired) electrons. The summed E-state index contributed by atoms with van der Waals surface area (Å²) in [5.41, 5.74) is 1.06. The minimum absolute atomic E-state index is 0.00735. The van der Waals surface area contributed by atoms with Gasteiger partial charge in [0.1, 0.15) is 11.9 Å². The predicted molar refractivity (Wildman–Crippen MR) is 114 cm³/mol. The zero-order valence-electron chi connectivity index (χ0n) is 16.2. The second-order valence-corrected chi connectivity index (χ2v) is 8.57. The molecule has 0 unspecified atom stereocenters. The predicted octanol–water partition coefficient (Wildman–Crippen LogP) is 4.98. The number of piperidine rings is 1. The van der Waals surface area contributed by atoms with Gasteiger partial charge in [0, 0.05) is 41.5 Å². The molecular weight excluding hydrogens is 427 g/mol. The van der Waals surface area contributed by atoms with E-state index >= 15 is 0 Å². The fourth-order valence-corrected chi connectivity index (χ4v) is 4.83. The zero-order chi connectivity index (χ0) is 21.3. The number of halogens is 2. The van der Waals surface area contributed by atoms with Crippen LogP contribution in [-0.2, 0) is 6.54 Å². The topological polar surface area (TPSA) is 78.9 Å². The number of ether oxygens (including phenoxy) is 1. The summed E-state index contributed by atoms with van der Waals surface area (Å²) in [4.78, 5) is 25.7. The minimum Gasteiger partial charge on any atom is -0.490 e. The summed E-state index contributed by atoms with van der Waals surface area (Å²) in [6.45, 7) is 0.348. The van der Waals surface area contributed by atoms with Crippen LogP contribution in [0.4, 0.5) is 4.79 Å². The molecule has 30 heavy (non-hydrogen) atoms. The molecule has 8 heteroatoms. The monoisotopic (exact) mass is 448 g/mol. The molecule has 0 aliphatic carbocycles. The van der Waals surface area contributed by atoms with Gasteiger partial charge in [-0.2, -0.15) is 0 Å². The molecule has 3 atom stereocenters. The van der Waals surface area contributed by atoms with E-state index in [2.05, 4.69) is 5.32 Å². The van der Waals surface area contributed by atoms with Crippen LogP contribution in [0.25, 0.3) is 0 Å². The number of benzene rings is 2. The van der Waals surface area contributed by atoms with Crippen molar-refractivity contribution >= 4 is 35.2 Å². The standard InChI is InChI=1S/C22H22Cl2N2O4/c23-15-4-1-14(20(24)9-15)12-25-22(29)26-16-5-6-17(26)11-19(10-16)30-18-7-2-13(3-8-18)21(27)28/h1-4,7-9,16-17,19H,5-6,10-12H2,(H,25,29)(H,27,28)/t16-,17+,19+. The molecule has 0 aromatic heterocycles. The summed E-state index contributed by atoms with van der Waals surface area (Å²) in [7, 11) is 0. The molecule has 2 N–H and O–H groups in total. The van der Waals surface area contributed by atoms with Crippen LogP contribution >= 0.6 is 23.2 Å². The van der Waals surface area contributed by atoms with Crippen LogP contribution < -0.4 is 10.1 Å². The number of nitrogens with zero attached hydrogens (tertiary/aromatic N) is 1. The van der Waals surface area contributed by atoms with Crippen molar-refractivity contribution in [3.63, 3.8) is 0 Å². The van der Waals surface area contributed by atoms with E-state index < -0.39 is 5.97 Å². The third kappa shape index (κ3) is 4.50. The number of carboxylic acids is 1. The average Bonchev–Trinajstić information content (AvgIpc) is 2.98. The van der Waals surface area contributed by atoms with Crippen LogP contribution in [0.2, 0.25) is 10.0 Å². The number of hydrogen-bond donors (Lipinski definition) is 2. The fraction of sp³-hybridized carbons (Fsp3) is 0.364. The highest BCUT2D eigenvalue weighted by Crippen LogP contribution is 2.37. The van der Waals surface area contributed by atoms with E-state index in [4.69, 9.17) is 33.0 Å². The molecule has 0 spiro atoms. The van der Waals surface area contributed by atoms with Gasteiger partial charge in [-0.15, -0.1) is 0 Å². The molecule has 2 heterocycles. The number of carboxylic acid groups (broad SMARTS) is 1. The van der Waals surface area contributed by atoms with E-state index in [9.17, 15) is 9.59 Å². The van der Waals surface area contributed by atoms with Crippen molar-refractivity contribution in [3.05, 3.63) is 63.6 Å². The molecule has 2 aromatic rings. The van der Waals surface area contributed by atoms with E-state index in [1.807, 2.05) is 11.0 Å². The number of hydrogen-bond acceptors (Lipinski definition) is 3. The van der Waals surface area contributed by atoms with Crippen molar-refractivity contribution in [2.24, 2.45) is 0 Å². The Labute approximate surface area is 184 Å². The lowest BCUT2D eigenvalue weighted by atomic mass is 10.00. The highest BCUT2D eigenvalue weighted by Gasteiger charge is 2.44. The van der Waals surface area contributed by atoms with Crippen LogP contribution in [0.1, 0.15) is 41.6 Å². The Kier molecular flexibility index (Phi) is 6.06. The Bertz CT molecular complexity index is 937. The quantitative estimate of drug-likeness (QED) is 0.675. The smallest absolute Gasteiger partial charge is 0.335 e. The highest BCUT2D eigenvalue weighted by atomic mass is 35.5. The maximum absolute atomic E-state index is 12.8.